The van der Waals surface area contributed by atoms with Gasteiger partial charge in [-0.1, -0.05) is 145 Å². The van der Waals surface area contributed by atoms with E-state index in [0.29, 0.717) is 50.4 Å². The van der Waals surface area contributed by atoms with Crippen molar-refractivity contribution in [2.45, 2.75) is 70.3 Å². The molecular weight excluding hydrogens is 724 g/mol. The van der Waals surface area contributed by atoms with Crippen molar-refractivity contribution in [2.24, 2.45) is 0 Å². The molecule has 1 aliphatic heterocycles. The van der Waals surface area contributed by atoms with Crippen LogP contribution >= 0.6 is 11.6 Å². The molecule has 288 valence electrons. The lowest BCUT2D eigenvalue weighted by atomic mass is 9.89. The molecule has 0 saturated carbocycles. The Balaban J connectivity index is 1.25. The summed E-state index contributed by atoms with van der Waals surface area (Å²) in [5.74, 6) is 0.483. The third kappa shape index (κ3) is 10.9. The number of hydrogen-bond donors (Lipinski definition) is 0. The summed E-state index contributed by atoms with van der Waals surface area (Å²) in [5, 5.41) is 9.25. The molecule has 0 N–H and O–H groups in total. The SMILES string of the molecule is CCOc1ccc(Cc2cc(C3OC(COCc4ccccc4)C(OCc4ccccc4)C(OCc4ccccc4)C3OCc3ccccc3)ccc2Cl)nn1. The first-order valence-electron chi connectivity index (χ1n) is 19.1. The molecule has 8 nitrogen and oxygen atoms in total. The Hall–Kier alpha value is -4.93. The largest absolute Gasteiger partial charge is 0.477 e. The number of ether oxygens (including phenoxy) is 6. The fourth-order valence-corrected chi connectivity index (χ4v) is 7.01. The average Bonchev–Trinajstić information content (AvgIpc) is 3.25. The second kappa shape index (κ2) is 20.3. The Morgan fingerprint density at radius 3 is 1.64 bits per heavy atom. The van der Waals surface area contributed by atoms with Crippen LogP contribution in [-0.2, 0) is 56.5 Å². The highest BCUT2D eigenvalue weighted by molar-refractivity contribution is 6.31. The summed E-state index contributed by atoms with van der Waals surface area (Å²) in [5.41, 5.74) is 6.73. The van der Waals surface area contributed by atoms with Gasteiger partial charge in [-0.25, -0.2) is 0 Å². The molecule has 1 aromatic heterocycles. The van der Waals surface area contributed by atoms with Gasteiger partial charge in [0.05, 0.1) is 45.3 Å². The van der Waals surface area contributed by atoms with Crippen LogP contribution in [0.5, 0.6) is 5.88 Å². The summed E-state index contributed by atoms with van der Waals surface area (Å²) in [6.07, 6.45) is -2.29. The first-order valence-corrected chi connectivity index (χ1v) is 19.5. The molecule has 5 unspecified atom stereocenters. The smallest absolute Gasteiger partial charge is 0.233 e. The molecule has 0 spiro atoms. The molecule has 0 bridgehead atoms. The molecule has 7 rings (SSSR count). The number of halogens is 1. The van der Waals surface area contributed by atoms with Crippen LogP contribution in [0.3, 0.4) is 0 Å². The maximum atomic E-state index is 7.14. The second-order valence-electron chi connectivity index (χ2n) is 13.7. The summed E-state index contributed by atoms with van der Waals surface area (Å²) in [7, 11) is 0. The fourth-order valence-electron chi connectivity index (χ4n) is 6.83. The number of benzene rings is 5. The summed E-state index contributed by atoms with van der Waals surface area (Å²) in [6.45, 7) is 4.19. The lowest BCUT2D eigenvalue weighted by Crippen LogP contribution is -2.58. The van der Waals surface area contributed by atoms with Gasteiger partial charge in [0.2, 0.25) is 5.88 Å². The maximum Gasteiger partial charge on any atom is 0.233 e. The normalized spacial score (nSPS) is 19.4. The van der Waals surface area contributed by atoms with E-state index in [0.717, 1.165) is 39.1 Å². The van der Waals surface area contributed by atoms with Crippen molar-refractivity contribution < 1.29 is 28.4 Å². The van der Waals surface area contributed by atoms with Crippen molar-refractivity contribution in [3.63, 3.8) is 0 Å². The molecule has 0 amide bonds. The van der Waals surface area contributed by atoms with Crippen molar-refractivity contribution in [3.8, 4) is 5.88 Å². The van der Waals surface area contributed by atoms with Gasteiger partial charge in [0.1, 0.15) is 30.5 Å². The van der Waals surface area contributed by atoms with Gasteiger partial charge in [0.15, 0.2) is 0 Å². The van der Waals surface area contributed by atoms with Crippen LogP contribution in [0.25, 0.3) is 0 Å². The first kappa shape index (κ1) is 39.3. The van der Waals surface area contributed by atoms with E-state index in [-0.39, 0.29) is 6.61 Å². The minimum atomic E-state index is -0.579. The van der Waals surface area contributed by atoms with Gasteiger partial charge in [0.25, 0.3) is 0 Å². The number of aromatic nitrogens is 2. The van der Waals surface area contributed by atoms with E-state index in [1.807, 2.05) is 104 Å². The zero-order chi connectivity index (χ0) is 38.4. The second-order valence-corrected chi connectivity index (χ2v) is 14.1. The Labute approximate surface area is 334 Å². The Kier molecular flexibility index (Phi) is 14.2. The highest BCUT2D eigenvalue weighted by Crippen LogP contribution is 2.40. The molecule has 56 heavy (non-hydrogen) atoms. The van der Waals surface area contributed by atoms with E-state index < -0.39 is 30.5 Å². The van der Waals surface area contributed by atoms with Gasteiger partial charge >= 0.3 is 0 Å². The van der Waals surface area contributed by atoms with Gasteiger partial charge < -0.3 is 28.4 Å². The van der Waals surface area contributed by atoms with Crippen LogP contribution < -0.4 is 4.74 Å². The van der Waals surface area contributed by atoms with Crippen molar-refractivity contribution in [1.82, 2.24) is 10.2 Å². The Bertz CT molecular complexity index is 2040. The van der Waals surface area contributed by atoms with E-state index in [4.69, 9.17) is 40.0 Å². The summed E-state index contributed by atoms with van der Waals surface area (Å²) in [4.78, 5) is 0. The molecule has 1 fully saturated rings. The Morgan fingerprint density at radius 1 is 0.571 bits per heavy atom. The predicted molar refractivity (Wildman–Crippen MR) is 216 cm³/mol. The van der Waals surface area contributed by atoms with Crippen LogP contribution in [0.1, 0.15) is 52.1 Å². The zero-order valence-corrected chi connectivity index (χ0v) is 32.2. The standard InChI is InChI=1S/C47H47ClN2O6/c1-2-52-43-26-24-40(49-50-43)28-39-27-38(23-25-41(39)48)44-46(54-31-36-19-11-5-12-20-36)47(55-32-37-21-13-6-14-22-37)45(53-30-35-17-9-4-10-18-35)42(56-44)33-51-29-34-15-7-3-8-16-34/h3-27,42,44-47H,2,28-33H2,1H3. The van der Waals surface area contributed by atoms with E-state index in [9.17, 15) is 0 Å². The van der Waals surface area contributed by atoms with Crippen molar-refractivity contribution in [3.05, 3.63) is 196 Å². The molecule has 0 aliphatic carbocycles. The maximum absolute atomic E-state index is 7.14. The van der Waals surface area contributed by atoms with Crippen LogP contribution in [-0.4, -0.2) is 47.8 Å². The fraction of sp³-hybridized carbons (Fsp3) is 0.277. The van der Waals surface area contributed by atoms with Crippen LogP contribution in [0.2, 0.25) is 5.02 Å². The van der Waals surface area contributed by atoms with E-state index in [1.54, 1.807) is 0 Å². The average molecular weight is 771 g/mol. The summed E-state index contributed by atoms with van der Waals surface area (Å²) < 4.78 is 39.8. The lowest BCUT2D eigenvalue weighted by molar-refractivity contribution is -0.275. The first-order chi connectivity index (χ1) is 27.6. The quantitative estimate of drug-likeness (QED) is 0.0856. The number of hydrogen-bond acceptors (Lipinski definition) is 8. The van der Waals surface area contributed by atoms with Gasteiger partial charge in [-0.3, -0.25) is 0 Å². The molecule has 0 radical (unpaired) electrons. The molecule has 1 saturated heterocycles. The molecule has 5 atom stereocenters. The lowest BCUT2D eigenvalue weighted by Gasteiger charge is -2.46. The van der Waals surface area contributed by atoms with Gasteiger partial charge in [0, 0.05) is 17.5 Å². The third-order valence-corrected chi connectivity index (χ3v) is 10.0. The monoisotopic (exact) mass is 770 g/mol. The molecule has 2 heterocycles. The number of nitrogens with zero attached hydrogens (tertiary/aromatic N) is 2. The zero-order valence-electron chi connectivity index (χ0n) is 31.5. The summed E-state index contributed by atoms with van der Waals surface area (Å²) in [6, 6.07) is 50.3. The van der Waals surface area contributed by atoms with Crippen LogP contribution in [0.15, 0.2) is 152 Å². The molecule has 6 aromatic rings. The van der Waals surface area contributed by atoms with E-state index >= 15 is 0 Å². The molecule has 5 aromatic carbocycles. The third-order valence-electron chi connectivity index (χ3n) is 9.64. The van der Waals surface area contributed by atoms with Crippen molar-refractivity contribution >= 4 is 11.6 Å². The number of rotatable bonds is 18. The van der Waals surface area contributed by atoms with E-state index in [2.05, 4.69) is 64.8 Å². The topological polar surface area (TPSA) is 81.2 Å². The highest BCUT2D eigenvalue weighted by atomic mass is 35.5. The van der Waals surface area contributed by atoms with E-state index in [1.165, 1.54) is 0 Å². The van der Waals surface area contributed by atoms with Gasteiger partial charge in [-0.2, -0.15) is 5.10 Å². The summed E-state index contributed by atoms with van der Waals surface area (Å²) >= 11 is 6.86. The van der Waals surface area contributed by atoms with Crippen molar-refractivity contribution in [2.75, 3.05) is 13.2 Å². The van der Waals surface area contributed by atoms with Crippen LogP contribution in [0.4, 0.5) is 0 Å². The minimum absolute atomic E-state index is 0.268. The van der Waals surface area contributed by atoms with Gasteiger partial charge in [-0.15, -0.1) is 5.10 Å². The van der Waals surface area contributed by atoms with Crippen molar-refractivity contribution in [1.29, 1.82) is 0 Å². The molecule has 1 aliphatic rings. The molecular formula is C47H47ClN2O6. The predicted octanol–water partition coefficient (Wildman–Crippen LogP) is 9.53. The van der Waals surface area contributed by atoms with Gasteiger partial charge in [-0.05, 0) is 52.4 Å². The van der Waals surface area contributed by atoms with Crippen LogP contribution in [0, 0.1) is 0 Å². The highest BCUT2D eigenvalue weighted by Gasteiger charge is 2.49. The Morgan fingerprint density at radius 2 is 1.11 bits per heavy atom. The molecule has 9 heteroatoms. The minimum Gasteiger partial charge on any atom is -0.477 e.